The Morgan fingerprint density at radius 1 is 1.29 bits per heavy atom. The average Bonchev–Trinajstić information content (AvgIpc) is 3.37. The smallest absolute Gasteiger partial charge is 0.362 e. The molecular formula is C19H25N11O9S2. The Hall–Kier alpha value is -4.41. The van der Waals surface area contributed by atoms with Gasteiger partial charge in [0.05, 0.1) is 19.3 Å². The summed E-state index contributed by atoms with van der Waals surface area (Å²) in [6, 6.07) is -3.39. The van der Waals surface area contributed by atoms with Crippen molar-refractivity contribution in [2.75, 3.05) is 18.8 Å². The zero-order valence-corrected chi connectivity index (χ0v) is 22.6. The van der Waals surface area contributed by atoms with Crippen LogP contribution in [0.2, 0.25) is 0 Å². The van der Waals surface area contributed by atoms with Crippen LogP contribution >= 0.6 is 11.3 Å². The first-order valence-electron chi connectivity index (χ1n) is 11.8. The number of carbonyl (C=O) groups is 4. The molecule has 3 heterocycles. The quantitative estimate of drug-likeness (QED) is 0.0500. The molecule has 9 N–H and O–H groups in total. The van der Waals surface area contributed by atoms with Crippen molar-refractivity contribution in [3.63, 3.8) is 0 Å². The highest BCUT2D eigenvalue weighted by Gasteiger charge is 2.56. The second-order valence-electron chi connectivity index (χ2n) is 8.82. The number of amides is 4. The largest absolute Gasteiger partial charge is 0.478 e. The molecule has 1 aliphatic carbocycles. The van der Waals surface area contributed by atoms with Gasteiger partial charge < -0.3 is 37.4 Å². The Bertz CT molecular complexity index is 1480. The van der Waals surface area contributed by atoms with Gasteiger partial charge >= 0.3 is 22.3 Å². The third-order valence-corrected chi connectivity index (χ3v) is 7.51. The number of aromatic nitrogens is 4. The van der Waals surface area contributed by atoms with Gasteiger partial charge in [-0.1, -0.05) is 5.16 Å². The predicted octanol–water partition coefficient (Wildman–Crippen LogP) is -3.39. The van der Waals surface area contributed by atoms with Crippen molar-refractivity contribution in [1.29, 1.82) is 0 Å². The summed E-state index contributed by atoms with van der Waals surface area (Å²) in [7, 11) is -5.04. The van der Waals surface area contributed by atoms with Crippen LogP contribution in [-0.2, 0) is 42.6 Å². The number of urea groups is 1. The molecule has 4 amide bonds. The molecule has 2 atom stereocenters. The zero-order chi connectivity index (χ0) is 29.9. The van der Waals surface area contributed by atoms with E-state index in [2.05, 4.69) is 36.3 Å². The van der Waals surface area contributed by atoms with Crippen LogP contribution in [0.5, 0.6) is 0 Å². The van der Waals surface area contributed by atoms with E-state index in [1.807, 2.05) is 0 Å². The Kier molecular flexibility index (Phi) is 8.37. The van der Waals surface area contributed by atoms with Crippen molar-refractivity contribution in [2.24, 2.45) is 10.9 Å². The fourth-order valence-corrected chi connectivity index (χ4v) is 5.05. The van der Waals surface area contributed by atoms with Crippen molar-refractivity contribution in [3.05, 3.63) is 23.0 Å². The van der Waals surface area contributed by atoms with Gasteiger partial charge in [-0.15, -0.1) is 11.3 Å². The summed E-state index contributed by atoms with van der Waals surface area (Å²) >= 11 is 0.953. The zero-order valence-electron chi connectivity index (χ0n) is 21.0. The molecule has 41 heavy (non-hydrogen) atoms. The number of aliphatic carboxylic acids is 1. The molecule has 1 aliphatic heterocycles. The summed E-state index contributed by atoms with van der Waals surface area (Å²) in [6.45, 7) is 0.0514. The first-order chi connectivity index (χ1) is 19.3. The van der Waals surface area contributed by atoms with Crippen molar-refractivity contribution in [3.8, 4) is 0 Å². The predicted molar refractivity (Wildman–Crippen MR) is 137 cm³/mol. The molecule has 222 valence electrons. The normalized spacial score (nSPS) is 19.7. The van der Waals surface area contributed by atoms with E-state index in [1.54, 1.807) is 0 Å². The van der Waals surface area contributed by atoms with Crippen LogP contribution in [0.25, 0.3) is 0 Å². The number of hydrogen-bond acceptors (Lipinski definition) is 14. The molecule has 20 nitrogen and oxygen atoms in total. The van der Waals surface area contributed by atoms with Gasteiger partial charge in [0.15, 0.2) is 10.8 Å². The van der Waals surface area contributed by atoms with Crippen molar-refractivity contribution in [1.82, 2.24) is 40.2 Å². The van der Waals surface area contributed by atoms with E-state index in [9.17, 15) is 37.3 Å². The number of β-lactam (4-membered cyclic amide) rings is 1. The van der Waals surface area contributed by atoms with Crippen LogP contribution in [0, 0.1) is 0 Å². The molecular weight excluding hydrogens is 590 g/mol. The molecule has 0 unspecified atom stereocenters. The Morgan fingerprint density at radius 2 is 2.02 bits per heavy atom. The van der Waals surface area contributed by atoms with E-state index in [-0.39, 0.29) is 53.3 Å². The lowest BCUT2D eigenvalue weighted by molar-refractivity contribution is -0.153. The fraction of sp³-hybridized carbons (Fsp3) is 0.474. The highest BCUT2D eigenvalue weighted by atomic mass is 32.2. The maximum atomic E-state index is 13.2. The molecule has 0 radical (unpaired) electrons. The lowest BCUT2D eigenvalue weighted by Crippen LogP contribution is -2.73. The van der Waals surface area contributed by atoms with Crippen LogP contribution < -0.4 is 27.4 Å². The average molecular weight is 616 g/mol. The molecule has 1 saturated heterocycles. The van der Waals surface area contributed by atoms with Gasteiger partial charge in [-0.25, -0.2) is 18.9 Å². The standard InChI is InChI=1S/C19H25N11O9S2/c20-3-4-22-18(35)23-5-9-6-24-29(27-9)7-11-13(15(32)30(11)41(36,37)38)26-14(31)12(10-8-40-17(21)25-10)28-39-19(1-2-19)16(33)34/h6,8,11,13H,1-5,7,20H2,(H2,21,25)(H,26,31)(H,33,34)(H2,22,23,35)(H,36,37,38)/t11-,13-/m0/s1. The number of carboxylic acids is 1. The first-order valence-corrected chi connectivity index (χ1v) is 14.1. The van der Waals surface area contributed by atoms with Crippen LogP contribution in [0.15, 0.2) is 16.7 Å². The fourth-order valence-electron chi connectivity index (χ4n) is 3.63. The minimum Gasteiger partial charge on any atom is -0.478 e. The molecule has 0 bridgehead atoms. The summed E-state index contributed by atoms with van der Waals surface area (Å²) in [5, 5.41) is 29.8. The molecule has 1 saturated carbocycles. The number of hydrogen-bond donors (Lipinski definition) is 7. The molecule has 2 aromatic rings. The highest BCUT2D eigenvalue weighted by molar-refractivity contribution is 7.84. The topological polar surface area (TPSA) is 299 Å². The maximum absolute atomic E-state index is 13.2. The van der Waals surface area contributed by atoms with E-state index < -0.39 is 64.1 Å². The number of anilines is 1. The van der Waals surface area contributed by atoms with Gasteiger partial charge in [0.1, 0.15) is 23.5 Å². The minimum absolute atomic E-state index is 0.0450. The van der Waals surface area contributed by atoms with E-state index >= 15 is 0 Å². The van der Waals surface area contributed by atoms with Crippen molar-refractivity contribution >= 4 is 56.3 Å². The molecule has 22 heteroatoms. The number of oxime groups is 1. The molecule has 2 aromatic heterocycles. The summed E-state index contributed by atoms with van der Waals surface area (Å²) < 4.78 is 33.5. The molecule has 2 fully saturated rings. The van der Waals surface area contributed by atoms with Gasteiger partial charge in [-0.05, 0) is 0 Å². The molecule has 4 rings (SSSR count). The number of nitrogens with one attached hydrogen (secondary N) is 3. The van der Waals surface area contributed by atoms with Crippen LogP contribution in [0.4, 0.5) is 9.93 Å². The summed E-state index contributed by atoms with van der Waals surface area (Å²) in [5.41, 5.74) is 9.03. The Labute approximate surface area is 234 Å². The summed E-state index contributed by atoms with van der Waals surface area (Å²) in [4.78, 5) is 59.0. The van der Waals surface area contributed by atoms with Crippen LogP contribution in [-0.4, -0.2) is 103 Å². The lowest BCUT2D eigenvalue weighted by atomic mass is 9.98. The Balaban J connectivity index is 1.50. The number of nitrogens with zero attached hydrogens (tertiary/aromatic N) is 6. The molecule has 0 aromatic carbocycles. The summed E-state index contributed by atoms with van der Waals surface area (Å²) in [6.07, 6.45) is 1.58. The second kappa shape index (κ2) is 11.6. The molecule has 0 spiro atoms. The minimum atomic E-state index is -5.04. The Morgan fingerprint density at radius 3 is 2.61 bits per heavy atom. The van der Waals surface area contributed by atoms with Gasteiger partial charge in [0.25, 0.3) is 11.8 Å². The summed E-state index contributed by atoms with van der Waals surface area (Å²) in [5.74, 6) is -3.51. The number of carbonyl (C=O) groups excluding carboxylic acids is 3. The van der Waals surface area contributed by atoms with Crippen molar-refractivity contribution < 1.29 is 42.1 Å². The van der Waals surface area contributed by atoms with Crippen LogP contribution in [0.1, 0.15) is 24.2 Å². The molecule has 2 aliphatic rings. The number of nitrogen functional groups attached to an aromatic ring is 1. The highest BCUT2D eigenvalue weighted by Crippen LogP contribution is 2.40. The van der Waals surface area contributed by atoms with Crippen LogP contribution in [0.3, 0.4) is 0 Å². The van der Waals surface area contributed by atoms with E-state index in [0.717, 1.165) is 16.1 Å². The SMILES string of the molecule is NCCNC(=O)NCc1cnn(C[C@H]2[C@H](NC(=O)C(=NOC3(C(=O)O)CC3)c3csc(N)n3)C(=O)N2S(=O)(=O)O)n1. The first kappa shape index (κ1) is 29.6. The number of thiazole rings is 1. The lowest BCUT2D eigenvalue weighted by Gasteiger charge is -2.43. The third-order valence-electron chi connectivity index (χ3n) is 5.88. The van der Waals surface area contributed by atoms with Gasteiger partial charge in [0.2, 0.25) is 5.60 Å². The third kappa shape index (κ3) is 6.67. The monoisotopic (exact) mass is 615 g/mol. The van der Waals surface area contributed by atoms with E-state index in [4.69, 9.17) is 16.3 Å². The maximum Gasteiger partial charge on any atom is 0.362 e. The second-order valence-corrected chi connectivity index (χ2v) is 11.0. The van der Waals surface area contributed by atoms with Gasteiger partial charge in [-0.2, -0.15) is 23.4 Å². The van der Waals surface area contributed by atoms with E-state index in [0.29, 0.717) is 0 Å². The van der Waals surface area contributed by atoms with E-state index in [1.165, 1.54) is 11.6 Å². The number of carboxylic acid groups (broad SMARTS) is 1. The van der Waals surface area contributed by atoms with Crippen molar-refractivity contribution in [2.45, 2.75) is 43.6 Å². The van der Waals surface area contributed by atoms with Gasteiger partial charge in [-0.3, -0.25) is 14.1 Å². The van der Waals surface area contributed by atoms with Gasteiger partial charge in [0, 0.05) is 31.3 Å². The number of rotatable bonds is 13. The number of nitrogens with two attached hydrogens (primary N) is 2.